The van der Waals surface area contributed by atoms with Gasteiger partial charge < -0.3 is 5.32 Å². The summed E-state index contributed by atoms with van der Waals surface area (Å²) in [5.74, 6) is -0.202. The Kier molecular flexibility index (Phi) is 4.08. The summed E-state index contributed by atoms with van der Waals surface area (Å²) in [6.07, 6.45) is 4.55. The lowest BCUT2D eigenvalue weighted by atomic mass is 10.2. The molecule has 0 aliphatic rings. The highest BCUT2D eigenvalue weighted by Crippen LogP contribution is 2.25. The molecule has 0 saturated heterocycles. The molecule has 0 bridgehead atoms. The van der Waals surface area contributed by atoms with Crippen molar-refractivity contribution in [1.29, 1.82) is 5.26 Å². The quantitative estimate of drug-likeness (QED) is 0.742. The molecular formula is C16H11N5OS. The molecule has 0 saturated carbocycles. The zero-order chi connectivity index (χ0) is 16.2. The molecule has 2 aromatic heterocycles. The van der Waals surface area contributed by atoms with Gasteiger partial charge in [-0.2, -0.15) is 5.26 Å². The van der Waals surface area contributed by atoms with Crippen molar-refractivity contribution in [1.82, 2.24) is 15.0 Å². The van der Waals surface area contributed by atoms with E-state index in [9.17, 15) is 4.79 Å². The second-order valence-electron chi connectivity index (χ2n) is 4.67. The van der Waals surface area contributed by atoms with E-state index in [1.807, 2.05) is 6.07 Å². The molecule has 0 fully saturated rings. The Balaban J connectivity index is 1.82. The molecule has 1 N–H and O–H groups in total. The van der Waals surface area contributed by atoms with E-state index < -0.39 is 0 Å². The average molecular weight is 321 g/mol. The third-order valence-corrected chi connectivity index (χ3v) is 3.98. The molecule has 112 valence electrons. The zero-order valence-corrected chi connectivity index (χ0v) is 13.0. The fourth-order valence-electron chi connectivity index (χ4n) is 1.97. The first kappa shape index (κ1) is 14.8. The van der Waals surface area contributed by atoms with Crippen LogP contribution in [0.3, 0.4) is 0 Å². The van der Waals surface area contributed by atoms with Crippen molar-refractivity contribution in [3.8, 4) is 6.07 Å². The van der Waals surface area contributed by atoms with Gasteiger partial charge in [0.2, 0.25) is 5.78 Å². The second kappa shape index (κ2) is 6.34. The summed E-state index contributed by atoms with van der Waals surface area (Å²) in [6.45, 7) is 1.74. The van der Waals surface area contributed by atoms with Gasteiger partial charge in [-0.25, -0.2) is 9.97 Å². The normalized spacial score (nSPS) is 10.1. The van der Waals surface area contributed by atoms with Crippen molar-refractivity contribution in [3.05, 3.63) is 64.7 Å². The maximum Gasteiger partial charge on any atom is 0.224 e. The number of hydrogen-bond acceptors (Lipinski definition) is 7. The summed E-state index contributed by atoms with van der Waals surface area (Å²) in [6, 6.07) is 9.13. The van der Waals surface area contributed by atoms with Gasteiger partial charge in [-0.1, -0.05) is 17.4 Å². The number of aryl methyl sites for hydroxylation is 1. The Morgan fingerprint density at radius 1 is 1.26 bits per heavy atom. The number of hydrogen-bond donors (Lipinski definition) is 1. The number of rotatable bonds is 4. The maximum atomic E-state index is 12.4. The van der Waals surface area contributed by atoms with Crippen molar-refractivity contribution in [2.24, 2.45) is 0 Å². The molecule has 3 aromatic rings. The standard InChI is InChI=1S/C16H11N5OS/c1-10-14(19-6-5-18-10)15(22)13-9-20-16(23-13)21-12-4-2-3-11(7-12)8-17/h2-7,9H,1H3,(H,20,21). The number of thiazole rings is 1. The van der Waals surface area contributed by atoms with E-state index in [-0.39, 0.29) is 5.78 Å². The molecule has 0 atom stereocenters. The van der Waals surface area contributed by atoms with Crippen LogP contribution in [0, 0.1) is 18.3 Å². The molecule has 0 spiro atoms. The Hall–Kier alpha value is -3.11. The molecule has 0 aliphatic carbocycles. The lowest BCUT2D eigenvalue weighted by molar-refractivity contribution is 0.103. The number of ketones is 1. The average Bonchev–Trinajstić information content (AvgIpc) is 3.03. The van der Waals surface area contributed by atoms with Crippen molar-refractivity contribution in [2.45, 2.75) is 6.92 Å². The highest BCUT2D eigenvalue weighted by atomic mass is 32.1. The van der Waals surface area contributed by atoms with Gasteiger partial charge in [0, 0.05) is 18.1 Å². The lowest BCUT2D eigenvalue weighted by Gasteiger charge is -2.02. The van der Waals surface area contributed by atoms with Crippen molar-refractivity contribution >= 4 is 27.9 Å². The Morgan fingerprint density at radius 3 is 2.87 bits per heavy atom. The van der Waals surface area contributed by atoms with Crippen molar-refractivity contribution in [3.63, 3.8) is 0 Å². The fourth-order valence-corrected chi connectivity index (χ4v) is 2.75. The first-order valence-corrected chi connectivity index (χ1v) is 7.54. The van der Waals surface area contributed by atoms with E-state index in [2.05, 4.69) is 26.3 Å². The van der Waals surface area contributed by atoms with Gasteiger partial charge in [-0.05, 0) is 25.1 Å². The molecule has 3 rings (SSSR count). The van der Waals surface area contributed by atoms with E-state index in [1.54, 1.807) is 31.3 Å². The maximum absolute atomic E-state index is 12.4. The van der Waals surface area contributed by atoms with E-state index in [4.69, 9.17) is 5.26 Å². The number of nitrogens with zero attached hydrogens (tertiary/aromatic N) is 4. The van der Waals surface area contributed by atoms with Crippen LogP contribution in [0.25, 0.3) is 0 Å². The number of carbonyl (C=O) groups is 1. The molecule has 0 aliphatic heterocycles. The minimum atomic E-state index is -0.202. The van der Waals surface area contributed by atoms with E-state index in [0.717, 1.165) is 5.69 Å². The number of nitrogens with one attached hydrogen (secondary N) is 1. The summed E-state index contributed by atoms with van der Waals surface area (Å²) >= 11 is 1.23. The molecule has 0 radical (unpaired) electrons. The van der Waals surface area contributed by atoms with Crippen LogP contribution in [-0.2, 0) is 0 Å². The molecule has 2 heterocycles. The molecular weight excluding hydrogens is 310 g/mol. The van der Waals surface area contributed by atoms with Gasteiger partial charge in [0.1, 0.15) is 5.69 Å². The van der Waals surface area contributed by atoms with Gasteiger partial charge in [0.15, 0.2) is 5.13 Å². The van der Waals surface area contributed by atoms with Gasteiger partial charge >= 0.3 is 0 Å². The highest BCUT2D eigenvalue weighted by molar-refractivity contribution is 7.17. The number of carbonyl (C=O) groups excluding carboxylic acids is 1. The summed E-state index contributed by atoms with van der Waals surface area (Å²) in [5, 5.41) is 12.6. The van der Waals surface area contributed by atoms with Crippen molar-refractivity contribution in [2.75, 3.05) is 5.32 Å². The Morgan fingerprint density at radius 2 is 2.09 bits per heavy atom. The smallest absolute Gasteiger partial charge is 0.224 e. The first-order chi connectivity index (χ1) is 11.2. The van der Waals surface area contributed by atoms with Gasteiger partial charge in [0.25, 0.3) is 0 Å². The predicted molar refractivity (Wildman–Crippen MR) is 86.8 cm³/mol. The third-order valence-electron chi connectivity index (χ3n) is 3.07. The Bertz CT molecular complexity index is 913. The van der Waals surface area contributed by atoms with Crippen LogP contribution in [0.2, 0.25) is 0 Å². The summed E-state index contributed by atoms with van der Waals surface area (Å²) < 4.78 is 0. The zero-order valence-electron chi connectivity index (χ0n) is 12.1. The number of anilines is 2. The predicted octanol–water partition coefficient (Wildman–Crippen LogP) is 3.09. The first-order valence-electron chi connectivity index (χ1n) is 6.72. The van der Waals surface area contributed by atoms with Gasteiger partial charge in [-0.15, -0.1) is 0 Å². The molecule has 0 unspecified atom stereocenters. The van der Waals surface area contributed by atoms with E-state index in [1.165, 1.54) is 23.7 Å². The van der Waals surface area contributed by atoms with Crippen LogP contribution in [0.1, 0.15) is 26.6 Å². The van der Waals surface area contributed by atoms with E-state index in [0.29, 0.717) is 27.0 Å². The van der Waals surface area contributed by atoms with Crippen LogP contribution in [0.5, 0.6) is 0 Å². The molecule has 23 heavy (non-hydrogen) atoms. The third kappa shape index (κ3) is 3.22. The highest BCUT2D eigenvalue weighted by Gasteiger charge is 2.17. The van der Waals surface area contributed by atoms with Crippen LogP contribution < -0.4 is 5.32 Å². The SMILES string of the molecule is Cc1nccnc1C(=O)c1cnc(Nc2cccc(C#N)c2)s1. The minimum Gasteiger partial charge on any atom is -0.331 e. The van der Waals surface area contributed by atoms with E-state index >= 15 is 0 Å². The summed E-state index contributed by atoms with van der Waals surface area (Å²) in [4.78, 5) is 25.3. The lowest BCUT2D eigenvalue weighted by Crippen LogP contribution is -2.05. The van der Waals surface area contributed by atoms with Crippen LogP contribution >= 0.6 is 11.3 Å². The van der Waals surface area contributed by atoms with Crippen LogP contribution in [-0.4, -0.2) is 20.7 Å². The second-order valence-corrected chi connectivity index (χ2v) is 5.70. The van der Waals surface area contributed by atoms with Gasteiger partial charge in [-0.3, -0.25) is 9.78 Å². The molecule has 6 nitrogen and oxygen atoms in total. The van der Waals surface area contributed by atoms with Crippen LogP contribution in [0.15, 0.2) is 42.9 Å². The number of benzene rings is 1. The van der Waals surface area contributed by atoms with Crippen molar-refractivity contribution < 1.29 is 4.79 Å². The largest absolute Gasteiger partial charge is 0.331 e. The Labute approximate surface area is 136 Å². The fraction of sp³-hybridized carbons (Fsp3) is 0.0625. The molecule has 0 amide bonds. The topological polar surface area (TPSA) is 91.6 Å². The number of nitriles is 1. The van der Waals surface area contributed by atoms with Crippen LogP contribution in [0.4, 0.5) is 10.8 Å². The molecule has 7 heteroatoms. The molecule has 1 aromatic carbocycles. The summed E-state index contributed by atoms with van der Waals surface area (Å²) in [5.41, 5.74) is 2.21. The summed E-state index contributed by atoms with van der Waals surface area (Å²) in [7, 11) is 0. The van der Waals surface area contributed by atoms with Gasteiger partial charge in [0.05, 0.1) is 28.4 Å². The minimum absolute atomic E-state index is 0.202. The number of aromatic nitrogens is 3. The monoisotopic (exact) mass is 321 g/mol.